The molecule has 0 aliphatic carbocycles. The van der Waals surface area contributed by atoms with Crippen LogP contribution in [0, 0.1) is 0 Å². The number of aliphatic imine (C=N–C) groups is 1. The third kappa shape index (κ3) is 8.89. The fourth-order valence-corrected chi connectivity index (χ4v) is 3.13. The Morgan fingerprint density at radius 3 is 2.61 bits per heavy atom. The summed E-state index contributed by atoms with van der Waals surface area (Å²) in [6, 6.07) is 4.28. The summed E-state index contributed by atoms with van der Waals surface area (Å²) in [5.41, 5.74) is 1.12. The van der Waals surface area contributed by atoms with Crippen LogP contribution in [0.4, 0.5) is 5.82 Å². The van der Waals surface area contributed by atoms with Gasteiger partial charge in [-0.3, -0.25) is 0 Å². The lowest BCUT2D eigenvalue weighted by Gasteiger charge is -2.21. The Balaban J connectivity index is 1.76. The van der Waals surface area contributed by atoms with Crippen molar-refractivity contribution >= 4 is 11.8 Å². The van der Waals surface area contributed by atoms with E-state index < -0.39 is 0 Å². The van der Waals surface area contributed by atoms with Gasteiger partial charge in [-0.2, -0.15) is 0 Å². The quantitative estimate of drug-likeness (QED) is 0.343. The normalized spacial score (nSPS) is 15.4. The number of nitrogens with zero attached hydrogens (tertiary/aromatic N) is 3. The van der Waals surface area contributed by atoms with Crippen LogP contribution in [0.2, 0.25) is 0 Å². The molecule has 0 amide bonds. The smallest absolute Gasteiger partial charge is 0.191 e. The summed E-state index contributed by atoms with van der Waals surface area (Å²) < 4.78 is 10.4. The molecule has 0 aromatic carbocycles. The average molecular weight is 392 g/mol. The standard InChI is InChI=1S/C21H37N5O2/c1-3-22-21(23-11-8-14-28-16-15-27-2)25-18-19-9-10-20(24-17-19)26-12-6-4-5-7-13-26/h9-10,17H,3-8,11-16,18H2,1-2H3,(H2,22,23,25). The van der Waals surface area contributed by atoms with Gasteiger partial charge in [0.15, 0.2) is 5.96 Å². The third-order valence-electron chi connectivity index (χ3n) is 4.69. The Morgan fingerprint density at radius 2 is 1.93 bits per heavy atom. The number of ether oxygens (including phenoxy) is 2. The van der Waals surface area contributed by atoms with Gasteiger partial charge >= 0.3 is 0 Å². The van der Waals surface area contributed by atoms with Gasteiger partial charge in [-0.15, -0.1) is 0 Å². The lowest BCUT2D eigenvalue weighted by Crippen LogP contribution is -2.38. The predicted molar refractivity (Wildman–Crippen MR) is 115 cm³/mol. The molecule has 28 heavy (non-hydrogen) atoms. The van der Waals surface area contributed by atoms with Crippen LogP contribution in [0.3, 0.4) is 0 Å². The fourth-order valence-electron chi connectivity index (χ4n) is 3.13. The summed E-state index contributed by atoms with van der Waals surface area (Å²) >= 11 is 0. The van der Waals surface area contributed by atoms with Gasteiger partial charge in [0.1, 0.15) is 5.82 Å². The van der Waals surface area contributed by atoms with Gasteiger partial charge in [0, 0.05) is 46.1 Å². The lowest BCUT2D eigenvalue weighted by molar-refractivity contribution is 0.0698. The van der Waals surface area contributed by atoms with Gasteiger partial charge in [-0.25, -0.2) is 9.98 Å². The predicted octanol–water partition coefficient (Wildman–Crippen LogP) is 2.57. The summed E-state index contributed by atoms with van der Waals surface area (Å²) in [4.78, 5) is 11.7. The van der Waals surface area contributed by atoms with Crippen LogP contribution in [-0.4, -0.2) is 64.1 Å². The first-order valence-electron chi connectivity index (χ1n) is 10.6. The number of pyridine rings is 1. The molecule has 1 aliphatic rings. The van der Waals surface area contributed by atoms with E-state index in [1.807, 2.05) is 6.20 Å². The molecule has 1 aromatic rings. The van der Waals surface area contributed by atoms with Crippen molar-refractivity contribution < 1.29 is 9.47 Å². The molecule has 158 valence electrons. The molecule has 1 fully saturated rings. The van der Waals surface area contributed by atoms with E-state index in [1.54, 1.807) is 7.11 Å². The molecule has 2 heterocycles. The summed E-state index contributed by atoms with van der Waals surface area (Å²) in [6.07, 6.45) is 8.09. The van der Waals surface area contributed by atoms with E-state index in [9.17, 15) is 0 Å². The minimum Gasteiger partial charge on any atom is -0.382 e. The van der Waals surface area contributed by atoms with Gasteiger partial charge in [-0.1, -0.05) is 18.9 Å². The number of hydrogen-bond acceptors (Lipinski definition) is 5. The lowest BCUT2D eigenvalue weighted by atomic mass is 10.2. The van der Waals surface area contributed by atoms with Crippen LogP contribution >= 0.6 is 0 Å². The second-order valence-corrected chi connectivity index (χ2v) is 7.01. The maximum atomic E-state index is 5.48. The summed E-state index contributed by atoms with van der Waals surface area (Å²) in [5.74, 6) is 1.92. The first kappa shape index (κ1) is 22.4. The molecular weight excluding hydrogens is 354 g/mol. The van der Waals surface area contributed by atoms with Crippen molar-refractivity contribution in [3.05, 3.63) is 23.9 Å². The average Bonchev–Trinajstić information content (AvgIpc) is 3.01. The Kier molecular flexibility index (Phi) is 11.4. The minimum atomic E-state index is 0.618. The Bertz CT molecular complexity index is 542. The van der Waals surface area contributed by atoms with Crippen molar-refractivity contribution in [2.45, 2.75) is 45.6 Å². The van der Waals surface area contributed by atoms with Crippen LogP contribution in [-0.2, 0) is 16.0 Å². The molecule has 7 nitrogen and oxygen atoms in total. The number of guanidine groups is 1. The van der Waals surface area contributed by atoms with E-state index in [0.29, 0.717) is 19.8 Å². The van der Waals surface area contributed by atoms with E-state index in [-0.39, 0.29) is 0 Å². The van der Waals surface area contributed by atoms with Crippen molar-refractivity contribution in [2.75, 3.05) is 58.0 Å². The highest BCUT2D eigenvalue weighted by Crippen LogP contribution is 2.17. The number of hydrogen-bond donors (Lipinski definition) is 2. The number of anilines is 1. The van der Waals surface area contributed by atoms with Gasteiger partial charge in [0.25, 0.3) is 0 Å². The maximum absolute atomic E-state index is 5.48. The molecule has 0 saturated carbocycles. The monoisotopic (exact) mass is 391 g/mol. The van der Waals surface area contributed by atoms with Crippen molar-refractivity contribution in [3.8, 4) is 0 Å². The van der Waals surface area contributed by atoms with Crippen LogP contribution in [0.1, 0.15) is 44.6 Å². The zero-order chi connectivity index (χ0) is 19.9. The Hall–Kier alpha value is -1.86. The minimum absolute atomic E-state index is 0.618. The zero-order valence-electron chi connectivity index (χ0n) is 17.6. The first-order valence-corrected chi connectivity index (χ1v) is 10.6. The van der Waals surface area contributed by atoms with E-state index in [2.05, 4.69) is 44.6 Å². The molecule has 0 unspecified atom stereocenters. The van der Waals surface area contributed by atoms with E-state index in [1.165, 1.54) is 25.7 Å². The molecular formula is C21H37N5O2. The molecule has 2 rings (SSSR count). The molecule has 0 bridgehead atoms. The molecule has 0 atom stereocenters. The van der Waals surface area contributed by atoms with E-state index in [4.69, 9.17) is 9.47 Å². The number of aromatic nitrogens is 1. The second kappa shape index (κ2) is 14.2. The number of nitrogens with one attached hydrogen (secondary N) is 2. The van der Waals surface area contributed by atoms with Crippen LogP contribution in [0.25, 0.3) is 0 Å². The highest BCUT2D eigenvalue weighted by atomic mass is 16.5. The molecule has 7 heteroatoms. The van der Waals surface area contributed by atoms with Crippen molar-refractivity contribution in [3.63, 3.8) is 0 Å². The Morgan fingerprint density at radius 1 is 1.11 bits per heavy atom. The van der Waals surface area contributed by atoms with Crippen LogP contribution in [0.5, 0.6) is 0 Å². The van der Waals surface area contributed by atoms with Crippen molar-refractivity contribution in [1.82, 2.24) is 15.6 Å². The SMILES string of the molecule is CCNC(=NCc1ccc(N2CCCCCC2)nc1)NCCCOCCOC. The van der Waals surface area contributed by atoms with E-state index in [0.717, 1.165) is 56.5 Å². The molecule has 0 radical (unpaired) electrons. The van der Waals surface area contributed by atoms with Gasteiger partial charge < -0.3 is 25.0 Å². The molecule has 1 saturated heterocycles. The van der Waals surface area contributed by atoms with Gasteiger partial charge in [0.05, 0.1) is 19.8 Å². The molecule has 2 N–H and O–H groups in total. The van der Waals surface area contributed by atoms with Crippen LogP contribution < -0.4 is 15.5 Å². The molecule has 1 aromatic heterocycles. The number of methoxy groups -OCH3 is 1. The molecule has 0 spiro atoms. The van der Waals surface area contributed by atoms with Crippen LogP contribution in [0.15, 0.2) is 23.3 Å². The van der Waals surface area contributed by atoms with Crippen molar-refractivity contribution in [2.24, 2.45) is 4.99 Å². The fraction of sp³-hybridized carbons (Fsp3) is 0.714. The first-order chi connectivity index (χ1) is 13.8. The van der Waals surface area contributed by atoms with Gasteiger partial charge in [0.2, 0.25) is 0 Å². The second-order valence-electron chi connectivity index (χ2n) is 7.01. The summed E-state index contributed by atoms with van der Waals surface area (Å²) in [6.45, 7) is 8.59. The zero-order valence-corrected chi connectivity index (χ0v) is 17.6. The summed E-state index contributed by atoms with van der Waals surface area (Å²) in [5, 5.41) is 6.63. The van der Waals surface area contributed by atoms with Crippen molar-refractivity contribution in [1.29, 1.82) is 0 Å². The van der Waals surface area contributed by atoms with Gasteiger partial charge in [-0.05, 0) is 37.8 Å². The maximum Gasteiger partial charge on any atom is 0.191 e. The highest BCUT2D eigenvalue weighted by molar-refractivity contribution is 5.79. The topological polar surface area (TPSA) is 71.0 Å². The highest BCUT2D eigenvalue weighted by Gasteiger charge is 2.10. The summed E-state index contributed by atoms with van der Waals surface area (Å²) in [7, 11) is 1.68. The van der Waals surface area contributed by atoms with E-state index >= 15 is 0 Å². The largest absolute Gasteiger partial charge is 0.382 e. The molecule has 1 aliphatic heterocycles. The number of rotatable bonds is 11. The Labute approximate surface area is 169 Å². The third-order valence-corrected chi connectivity index (χ3v) is 4.69.